The molecule has 1 fully saturated rings. The zero-order chi connectivity index (χ0) is 22.8. The number of aliphatic hydroxyl groups excluding tert-OH is 1. The molecule has 7 nitrogen and oxygen atoms in total. The summed E-state index contributed by atoms with van der Waals surface area (Å²) in [5.41, 5.74) is 3.19. The monoisotopic (exact) mass is 568 g/mol. The van der Waals surface area contributed by atoms with Gasteiger partial charge in [0.25, 0.3) is 0 Å². The van der Waals surface area contributed by atoms with E-state index in [1.807, 2.05) is 51.1 Å². The molecule has 0 bridgehead atoms. The summed E-state index contributed by atoms with van der Waals surface area (Å²) in [6.07, 6.45) is -0.580. The van der Waals surface area contributed by atoms with Crippen LogP contribution in [0.2, 0.25) is 0 Å². The zero-order valence-corrected chi connectivity index (χ0v) is 22.1. The fraction of sp³-hybridized carbons (Fsp3) is 0.480. The molecule has 0 radical (unpaired) electrons. The Bertz CT molecular complexity index is 872. The molecule has 0 aromatic heterocycles. The summed E-state index contributed by atoms with van der Waals surface area (Å²) >= 11 is 0. The van der Waals surface area contributed by atoms with Gasteiger partial charge in [-0.3, -0.25) is 0 Å². The van der Waals surface area contributed by atoms with Crippen molar-refractivity contribution in [3.05, 3.63) is 59.7 Å². The van der Waals surface area contributed by atoms with E-state index in [2.05, 4.69) is 33.7 Å². The number of hydrogen-bond donors (Lipinski definition) is 3. The molecule has 0 amide bonds. The maximum absolute atomic E-state index is 10.7. The van der Waals surface area contributed by atoms with E-state index in [0.29, 0.717) is 19.0 Å². The first-order valence-electron chi connectivity index (χ1n) is 11.4. The number of anilines is 1. The largest absolute Gasteiger partial charge is 0.491 e. The second-order valence-electron chi connectivity index (χ2n) is 8.06. The Hall–Kier alpha value is -2.04. The highest BCUT2D eigenvalue weighted by molar-refractivity contribution is 14.0. The third-order valence-electron chi connectivity index (χ3n) is 5.17. The van der Waals surface area contributed by atoms with Crippen LogP contribution in [-0.4, -0.2) is 56.6 Å². The summed E-state index contributed by atoms with van der Waals surface area (Å²) in [5.74, 6) is 1.44. The van der Waals surface area contributed by atoms with Gasteiger partial charge in [0.1, 0.15) is 5.75 Å². The second kappa shape index (κ2) is 14.3. The third kappa shape index (κ3) is 8.68. The first kappa shape index (κ1) is 27.2. The van der Waals surface area contributed by atoms with Crippen LogP contribution in [0.1, 0.15) is 38.0 Å². The van der Waals surface area contributed by atoms with E-state index < -0.39 is 6.10 Å². The van der Waals surface area contributed by atoms with E-state index in [1.165, 1.54) is 11.3 Å². The van der Waals surface area contributed by atoms with Crippen LogP contribution in [0.3, 0.4) is 0 Å². The van der Waals surface area contributed by atoms with E-state index >= 15 is 0 Å². The Morgan fingerprint density at radius 2 is 1.88 bits per heavy atom. The van der Waals surface area contributed by atoms with Crippen LogP contribution in [0.4, 0.5) is 5.69 Å². The first-order chi connectivity index (χ1) is 15.6. The van der Waals surface area contributed by atoms with Gasteiger partial charge in [0.15, 0.2) is 5.96 Å². The summed E-state index contributed by atoms with van der Waals surface area (Å²) in [7, 11) is 0. The normalized spacial score (nSPS) is 15.1. The van der Waals surface area contributed by atoms with Crippen LogP contribution < -0.4 is 20.3 Å². The van der Waals surface area contributed by atoms with Crippen molar-refractivity contribution < 1.29 is 14.6 Å². The lowest BCUT2D eigenvalue weighted by Crippen LogP contribution is -2.39. The second-order valence-corrected chi connectivity index (χ2v) is 8.06. The number of nitrogens with one attached hydrogen (secondary N) is 2. The number of rotatable bonds is 9. The third-order valence-corrected chi connectivity index (χ3v) is 5.17. The van der Waals surface area contributed by atoms with Crippen molar-refractivity contribution in [1.29, 1.82) is 0 Å². The molecule has 1 aliphatic rings. The first-order valence-corrected chi connectivity index (χ1v) is 11.4. The van der Waals surface area contributed by atoms with Crippen molar-refractivity contribution in [2.75, 3.05) is 44.3 Å². The number of benzene rings is 2. The molecule has 1 aliphatic heterocycles. The number of guanidine groups is 1. The van der Waals surface area contributed by atoms with Gasteiger partial charge in [-0.2, -0.15) is 0 Å². The predicted octanol–water partition coefficient (Wildman–Crippen LogP) is 3.72. The average molecular weight is 569 g/mol. The molecule has 33 heavy (non-hydrogen) atoms. The van der Waals surface area contributed by atoms with E-state index in [9.17, 15) is 5.11 Å². The van der Waals surface area contributed by atoms with Gasteiger partial charge in [0.2, 0.25) is 0 Å². The molecule has 1 saturated heterocycles. The number of aliphatic imine (C=N–C) groups is 1. The van der Waals surface area contributed by atoms with Crippen molar-refractivity contribution >= 4 is 35.6 Å². The quantitative estimate of drug-likeness (QED) is 0.243. The maximum atomic E-state index is 10.7. The number of hydrogen-bond acceptors (Lipinski definition) is 5. The van der Waals surface area contributed by atoms with E-state index in [4.69, 9.17) is 14.5 Å². The Labute approximate surface area is 214 Å². The number of para-hydroxylation sites is 1. The zero-order valence-electron chi connectivity index (χ0n) is 19.8. The highest BCUT2D eigenvalue weighted by Gasteiger charge is 2.15. The molecule has 1 unspecified atom stereocenters. The van der Waals surface area contributed by atoms with Crippen molar-refractivity contribution in [3.63, 3.8) is 0 Å². The van der Waals surface area contributed by atoms with Gasteiger partial charge in [-0.05, 0) is 50.1 Å². The lowest BCUT2D eigenvalue weighted by Gasteiger charge is -2.30. The van der Waals surface area contributed by atoms with Crippen LogP contribution in [0, 0.1) is 0 Å². The molecular formula is C25H37IN4O3. The number of halogens is 1. The van der Waals surface area contributed by atoms with E-state index in [0.717, 1.165) is 44.2 Å². The highest BCUT2D eigenvalue weighted by Crippen LogP contribution is 2.22. The van der Waals surface area contributed by atoms with Crippen LogP contribution in [0.25, 0.3) is 0 Å². The SMILES string of the molecule is CCNC(=NCc1ccccc1N1CCOCC1)NCC(O)c1cccc(OC(C)C)c1.I. The van der Waals surface area contributed by atoms with Gasteiger partial charge in [-0.1, -0.05) is 30.3 Å². The van der Waals surface area contributed by atoms with Crippen LogP contribution in [-0.2, 0) is 11.3 Å². The molecule has 0 aliphatic carbocycles. The molecule has 1 atom stereocenters. The molecular weight excluding hydrogens is 531 g/mol. The fourth-order valence-corrected chi connectivity index (χ4v) is 3.64. The predicted molar refractivity (Wildman–Crippen MR) is 145 cm³/mol. The van der Waals surface area contributed by atoms with Crippen molar-refractivity contribution in [2.24, 2.45) is 4.99 Å². The minimum Gasteiger partial charge on any atom is -0.491 e. The van der Waals surface area contributed by atoms with Crippen molar-refractivity contribution in [1.82, 2.24) is 10.6 Å². The Morgan fingerprint density at radius 1 is 1.12 bits per heavy atom. The molecule has 3 N–H and O–H groups in total. The molecule has 8 heteroatoms. The Morgan fingerprint density at radius 3 is 2.61 bits per heavy atom. The summed E-state index contributed by atoms with van der Waals surface area (Å²) < 4.78 is 11.2. The number of ether oxygens (including phenoxy) is 2. The van der Waals surface area contributed by atoms with Crippen LogP contribution in [0.15, 0.2) is 53.5 Å². The van der Waals surface area contributed by atoms with Crippen LogP contribution >= 0.6 is 24.0 Å². The van der Waals surface area contributed by atoms with Crippen molar-refractivity contribution in [2.45, 2.75) is 39.5 Å². The molecule has 2 aromatic carbocycles. The number of nitrogens with zero attached hydrogens (tertiary/aromatic N) is 2. The summed E-state index contributed by atoms with van der Waals surface area (Å²) in [5, 5.41) is 17.2. The summed E-state index contributed by atoms with van der Waals surface area (Å²) in [6, 6.07) is 16.0. The molecule has 2 aromatic rings. The molecule has 1 heterocycles. The standard InChI is InChI=1S/C25H36N4O3.HI/c1-4-26-25(28-18-24(30)20-9-7-10-22(16-20)32-19(2)3)27-17-21-8-5-6-11-23(21)29-12-14-31-15-13-29;/h5-11,16,19,24,30H,4,12-15,17-18H2,1-3H3,(H2,26,27,28);1H. The van der Waals surface area contributed by atoms with Crippen LogP contribution in [0.5, 0.6) is 5.75 Å². The van der Waals surface area contributed by atoms with Gasteiger partial charge in [-0.15, -0.1) is 24.0 Å². The van der Waals surface area contributed by atoms with E-state index in [-0.39, 0.29) is 30.1 Å². The fourth-order valence-electron chi connectivity index (χ4n) is 3.64. The summed E-state index contributed by atoms with van der Waals surface area (Å²) in [4.78, 5) is 7.11. The van der Waals surface area contributed by atoms with Gasteiger partial charge >= 0.3 is 0 Å². The van der Waals surface area contributed by atoms with Gasteiger partial charge in [-0.25, -0.2) is 4.99 Å². The molecule has 3 rings (SSSR count). The minimum absolute atomic E-state index is 0. The minimum atomic E-state index is -0.671. The average Bonchev–Trinajstić information content (AvgIpc) is 2.81. The smallest absolute Gasteiger partial charge is 0.191 e. The Kier molecular flexibility index (Phi) is 11.8. The lowest BCUT2D eigenvalue weighted by molar-refractivity contribution is 0.122. The number of morpholine rings is 1. The van der Waals surface area contributed by atoms with Gasteiger partial charge in [0.05, 0.1) is 32.0 Å². The number of aliphatic hydroxyl groups is 1. The maximum Gasteiger partial charge on any atom is 0.191 e. The van der Waals surface area contributed by atoms with E-state index in [1.54, 1.807) is 0 Å². The Balaban J connectivity index is 0.00000385. The summed E-state index contributed by atoms with van der Waals surface area (Å²) in [6.45, 7) is 10.9. The van der Waals surface area contributed by atoms with Gasteiger partial charge < -0.3 is 30.1 Å². The lowest BCUT2D eigenvalue weighted by atomic mass is 10.1. The van der Waals surface area contributed by atoms with Gasteiger partial charge in [0, 0.05) is 31.9 Å². The highest BCUT2D eigenvalue weighted by atomic mass is 127. The molecule has 0 saturated carbocycles. The molecule has 0 spiro atoms. The van der Waals surface area contributed by atoms with Crippen molar-refractivity contribution in [3.8, 4) is 5.75 Å². The topological polar surface area (TPSA) is 78.4 Å². The molecule has 182 valence electrons.